The minimum Gasteiger partial charge on any atom is -0.391 e. The van der Waals surface area contributed by atoms with Crippen LogP contribution in [-0.4, -0.2) is 0 Å². The Balaban J connectivity index is 1.79. The molecule has 1 aromatic rings. The quantitative estimate of drug-likeness (QED) is 0.794. The summed E-state index contributed by atoms with van der Waals surface area (Å²) in [6.07, 6.45) is 8.94. The number of aryl methyl sites for hydroxylation is 1. The molecule has 2 N–H and O–H groups in total. The number of rotatable bonds is 1. The highest BCUT2D eigenvalue weighted by Crippen LogP contribution is 2.61. The van der Waals surface area contributed by atoms with E-state index in [4.69, 9.17) is 5.73 Å². The number of hydrogen-bond donors (Lipinski definition) is 1. The van der Waals surface area contributed by atoms with Gasteiger partial charge < -0.3 is 5.73 Å². The zero-order valence-electron chi connectivity index (χ0n) is 10.5. The van der Waals surface area contributed by atoms with E-state index in [0.29, 0.717) is 5.41 Å². The Labute approximate surface area is 107 Å². The maximum atomic E-state index is 6.02. The maximum Gasteiger partial charge on any atom is 0.0862 e. The SMILES string of the molecule is Cc1sc(N)cc1C12CC3CC(CC(C3)C1)C2. The summed E-state index contributed by atoms with van der Waals surface area (Å²) in [4.78, 5) is 1.49. The standard InChI is InChI=1S/C15H21NS/c1-9-13(5-14(16)17-9)15-6-10-2-11(7-15)4-12(3-10)8-15/h5,10-12H,2-4,6-8,16H2,1H3. The second-order valence-corrected chi connectivity index (χ2v) is 8.10. The summed E-state index contributed by atoms with van der Waals surface area (Å²) in [5.41, 5.74) is 8.18. The topological polar surface area (TPSA) is 26.0 Å². The Morgan fingerprint density at radius 1 is 1.12 bits per heavy atom. The van der Waals surface area contributed by atoms with Gasteiger partial charge in [-0.05, 0) is 80.2 Å². The lowest BCUT2D eigenvalue weighted by Gasteiger charge is -2.57. The fraction of sp³-hybridized carbons (Fsp3) is 0.733. The third-order valence-electron chi connectivity index (χ3n) is 5.55. The number of hydrogen-bond acceptors (Lipinski definition) is 2. The average molecular weight is 247 g/mol. The highest BCUT2D eigenvalue weighted by molar-refractivity contribution is 7.16. The Kier molecular flexibility index (Phi) is 2.01. The molecule has 0 radical (unpaired) electrons. The summed E-state index contributed by atoms with van der Waals surface area (Å²) in [5, 5.41) is 1.02. The van der Waals surface area contributed by atoms with Crippen molar-refractivity contribution in [1.82, 2.24) is 0 Å². The van der Waals surface area contributed by atoms with Gasteiger partial charge in [-0.3, -0.25) is 0 Å². The van der Waals surface area contributed by atoms with Gasteiger partial charge >= 0.3 is 0 Å². The van der Waals surface area contributed by atoms with Gasteiger partial charge in [0.25, 0.3) is 0 Å². The first-order valence-corrected chi connectivity index (χ1v) is 7.83. The molecular formula is C15H21NS. The molecule has 0 aromatic carbocycles. The van der Waals surface area contributed by atoms with Gasteiger partial charge in [0, 0.05) is 4.88 Å². The molecule has 0 atom stereocenters. The van der Waals surface area contributed by atoms with E-state index in [2.05, 4.69) is 13.0 Å². The van der Waals surface area contributed by atoms with Gasteiger partial charge in [0.2, 0.25) is 0 Å². The molecule has 4 bridgehead atoms. The van der Waals surface area contributed by atoms with Crippen LogP contribution >= 0.6 is 11.3 Å². The first kappa shape index (κ1) is 10.4. The van der Waals surface area contributed by atoms with Crippen molar-refractivity contribution in [3.05, 3.63) is 16.5 Å². The first-order chi connectivity index (χ1) is 8.14. The van der Waals surface area contributed by atoms with Gasteiger partial charge in [-0.15, -0.1) is 11.3 Å². The van der Waals surface area contributed by atoms with Crippen molar-refractivity contribution in [2.75, 3.05) is 5.73 Å². The second-order valence-electron chi connectivity index (χ2n) is 6.82. The van der Waals surface area contributed by atoms with Gasteiger partial charge in [-0.25, -0.2) is 0 Å². The minimum absolute atomic E-state index is 0.535. The van der Waals surface area contributed by atoms with E-state index in [9.17, 15) is 0 Å². The summed E-state index contributed by atoms with van der Waals surface area (Å²) in [6, 6.07) is 2.30. The van der Waals surface area contributed by atoms with E-state index in [-0.39, 0.29) is 0 Å². The fourth-order valence-electron chi connectivity index (χ4n) is 5.47. The van der Waals surface area contributed by atoms with Gasteiger partial charge in [0.1, 0.15) is 0 Å². The summed E-state index contributed by atoms with van der Waals surface area (Å²) >= 11 is 1.80. The summed E-state index contributed by atoms with van der Waals surface area (Å²) in [5.74, 6) is 3.09. The molecule has 0 saturated heterocycles. The third kappa shape index (κ3) is 1.43. The van der Waals surface area contributed by atoms with Crippen molar-refractivity contribution in [2.45, 2.75) is 50.9 Å². The average Bonchev–Trinajstić information content (AvgIpc) is 2.56. The van der Waals surface area contributed by atoms with Crippen LogP contribution in [0.3, 0.4) is 0 Å². The molecule has 2 heteroatoms. The Morgan fingerprint density at radius 3 is 2.06 bits per heavy atom. The molecule has 4 fully saturated rings. The lowest BCUT2D eigenvalue weighted by Crippen LogP contribution is -2.48. The molecule has 1 heterocycles. The zero-order valence-corrected chi connectivity index (χ0v) is 11.4. The van der Waals surface area contributed by atoms with Gasteiger partial charge in [-0.2, -0.15) is 0 Å². The summed E-state index contributed by atoms with van der Waals surface area (Å²) in [6.45, 7) is 2.27. The number of anilines is 1. The largest absolute Gasteiger partial charge is 0.391 e. The van der Waals surface area contributed by atoms with E-state index < -0.39 is 0 Å². The number of nitrogens with two attached hydrogens (primary N) is 1. The van der Waals surface area contributed by atoms with Crippen molar-refractivity contribution in [3.8, 4) is 0 Å². The molecule has 17 heavy (non-hydrogen) atoms. The van der Waals surface area contributed by atoms with Gasteiger partial charge in [0.05, 0.1) is 5.00 Å². The number of thiophene rings is 1. The molecule has 1 aromatic heterocycles. The van der Waals surface area contributed by atoms with Crippen molar-refractivity contribution in [2.24, 2.45) is 17.8 Å². The molecule has 0 aliphatic heterocycles. The Hall–Kier alpha value is -0.500. The van der Waals surface area contributed by atoms with Crippen LogP contribution in [0.25, 0.3) is 0 Å². The highest BCUT2D eigenvalue weighted by atomic mass is 32.1. The van der Waals surface area contributed by atoms with Crippen LogP contribution in [0.2, 0.25) is 0 Å². The Bertz CT molecular complexity index is 424. The predicted octanol–water partition coefficient (Wildman–Crippen LogP) is 4.11. The van der Waals surface area contributed by atoms with Crippen LogP contribution < -0.4 is 5.73 Å². The summed E-state index contributed by atoms with van der Waals surface area (Å²) < 4.78 is 0. The molecule has 1 nitrogen and oxygen atoms in total. The lowest BCUT2D eigenvalue weighted by molar-refractivity contribution is -0.00522. The van der Waals surface area contributed by atoms with Crippen LogP contribution in [-0.2, 0) is 5.41 Å². The zero-order chi connectivity index (χ0) is 11.6. The van der Waals surface area contributed by atoms with Crippen LogP contribution in [0.15, 0.2) is 6.07 Å². The van der Waals surface area contributed by atoms with Crippen molar-refractivity contribution in [3.63, 3.8) is 0 Å². The van der Waals surface area contributed by atoms with Crippen LogP contribution in [0.1, 0.15) is 49.0 Å². The molecule has 4 aliphatic rings. The van der Waals surface area contributed by atoms with Crippen LogP contribution in [0.4, 0.5) is 5.00 Å². The van der Waals surface area contributed by atoms with Crippen molar-refractivity contribution in [1.29, 1.82) is 0 Å². The molecule has 4 saturated carbocycles. The Morgan fingerprint density at radius 2 is 1.65 bits per heavy atom. The van der Waals surface area contributed by atoms with E-state index in [1.165, 1.54) is 43.4 Å². The van der Waals surface area contributed by atoms with E-state index >= 15 is 0 Å². The van der Waals surface area contributed by atoms with E-state index in [0.717, 1.165) is 22.8 Å². The fourth-order valence-corrected chi connectivity index (χ4v) is 6.39. The molecule has 4 aliphatic carbocycles. The molecule has 0 amide bonds. The maximum absolute atomic E-state index is 6.02. The normalized spacial score (nSPS) is 43.2. The monoisotopic (exact) mass is 247 g/mol. The molecule has 0 unspecified atom stereocenters. The van der Waals surface area contributed by atoms with E-state index in [1.807, 2.05) is 0 Å². The predicted molar refractivity (Wildman–Crippen MR) is 73.3 cm³/mol. The molecule has 92 valence electrons. The second kappa shape index (κ2) is 3.28. The minimum atomic E-state index is 0.535. The number of nitrogen functional groups attached to an aromatic ring is 1. The van der Waals surface area contributed by atoms with Crippen molar-refractivity contribution >= 4 is 16.3 Å². The third-order valence-corrected chi connectivity index (χ3v) is 6.43. The van der Waals surface area contributed by atoms with Crippen molar-refractivity contribution < 1.29 is 0 Å². The van der Waals surface area contributed by atoms with Crippen LogP contribution in [0.5, 0.6) is 0 Å². The first-order valence-electron chi connectivity index (χ1n) is 7.01. The van der Waals surface area contributed by atoms with Crippen LogP contribution in [0, 0.1) is 24.7 Å². The molecule has 5 rings (SSSR count). The highest BCUT2D eigenvalue weighted by Gasteiger charge is 2.52. The lowest BCUT2D eigenvalue weighted by atomic mass is 9.48. The van der Waals surface area contributed by atoms with Gasteiger partial charge in [0.15, 0.2) is 0 Å². The molecule has 0 spiro atoms. The molecular weight excluding hydrogens is 226 g/mol. The van der Waals surface area contributed by atoms with E-state index in [1.54, 1.807) is 16.9 Å². The smallest absolute Gasteiger partial charge is 0.0862 e. The van der Waals surface area contributed by atoms with Gasteiger partial charge in [-0.1, -0.05) is 0 Å². The summed E-state index contributed by atoms with van der Waals surface area (Å²) in [7, 11) is 0.